The molecule has 0 saturated carbocycles. The Hall–Kier alpha value is -5.75. The Morgan fingerprint density at radius 1 is 1.08 bits per heavy atom. The summed E-state index contributed by atoms with van der Waals surface area (Å²) in [5.74, 6) is -1.45. The SMILES string of the molecule is COc1cc(C(C)O)c([N+](=O)[O-])cc1OCCN(C)CCNC(=O)C(CS(=O)(=O)O)N=c1/c(=C/C2=[N+](C)c3ccccc3C2(C)C)c(=O)/c1=C\C1N(C)c2ccccc2C1(C)C. The van der Waals surface area contributed by atoms with Crippen LogP contribution in [0.5, 0.6) is 11.5 Å². The van der Waals surface area contributed by atoms with Gasteiger partial charge in [0.15, 0.2) is 22.6 Å². The number of methoxy groups -OCH3 is 1. The standard InChI is InChI=1S/C45H54N6O10S/c1-27(52)28-22-37(60-9)38(25-36(28)51(55)56)61-21-20-48(6)19-18-46-43(54)33(26-62(57,58)59)47-41-29(23-39-44(2,3)31-14-10-12-16-34(31)49(39)7)42(53)30(41)24-40-45(4,5)32-15-11-13-17-35(32)50(40)8/h10-17,22-25,27,33,39,52H,18-21,26H2,1-9H3,(H-,46,54,57,58,59)/p+1/b29-23-,30-24-,47-41?. The molecule has 2 aliphatic rings. The molecule has 2 heterocycles. The molecule has 2 aliphatic heterocycles. The highest BCUT2D eigenvalue weighted by Gasteiger charge is 2.44. The first kappa shape index (κ1) is 45.8. The first-order chi connectivity index (χ1) is 29.1. The average molecular weight is 872 g/mol. The number of carbonyl (C=O) groups is 1. The Labute approximate surface area is 360 Å². The maximum atomic E-state index is 14.3. The molecule has 0 saturated heterocycles. The van der Waals surface area contributed by atoms with Crippen molar-refractivity contribution >= 4 is 51.0 Å². The summed E-state index contributed by atoms with van der Waals surface area (Å²) >= 11 is 0. The number of hydrogen-bond acceptors (Lipinski definition) is 12. The second kappa shape index (κ2) is 17.6. The normalized spacial score (nSPS) is 18.6. The van der Waals surface area contributed by atoms with Crippen molar-refractivity contribution in [3.8, 4) is 11.5 Å². The van der Waals surface area contributed by atoms with Crippen LogP contribution < -0.4 is 40.9 Å². The molecule has 4 aromatic rings. The van der Waals surface area contributed by atoms with E-state index in [2.05, 4.69) is 44.0 Å². The van der Waals surface area contributed by atoms with Gasteiger partial charge in [0.05, 0.1) is 51.8 Å². The van der Waals surface area contributed by atoms with E-state index in [0.29, 0.717) is 6.54 Å². The van der Waals surface area contributed by atoms with Crippen LogP contribution in [0.4, 0.5) is 17.1 Å². The summed E-state index contributed by atoms with van der Waals surface area (Å²) < 4.78 is 48.0. The first-order valence-corrected chi connectivity index (χ1v) is 21.9. The molecule has 3 unspecified atom stereocenters. The van der Waals surface area contributed by atoms with Gasteiger partial charge < -0.3 is 29.7 Å². The number of fused-ring (bicyclic) bond motifs is 2. The van der Waals surface area contributed by atoms with Crippen molar-refractivity contribution in [2.45, 2.75) is 63.6 Å². The van der Waals surface area contributed by atoms with Crippen LogP contribution in [0, 0.1) is 10.1 Å². The van der Waals surface area contributed by atoms with Gasteiger partial charge in [-0.25, -0.2) is 0 Å². The van der Waals surface area contributed by atoms with Crippen LogP contribution in [0.1, 0.15) is 57.4 Å². The number of carbonyl (C=O) groups excluding carboxylic acids is 1. The van der Waals surface area contributed by atoms with E-state index in [1.54, 1.807) is 13.1 Å². The Morgan fingerprint density at radius 2 is 1.74 bits per heavy atom. The van der Waals surface area contributed by atoms with E-state index in [4.69, 9.17) is 14.5 Å². The zero-order valence-electron chi connectivity index (χ0n) is 36.5. The van der Waals surface area contributed by atoms with Crippen molar-refractivity contribution in [1.82, 2.24) is 10.2 Å². The molecule has 0 bridgehead atoms. The number of aliphatic hydroxyl groups is 1. The third-order valence-corrected chi connectivity index (χ3v) is 12.9. The van der Waals surface area contributed by atoms with Crippen LogP contribution >= 0.6 is 0 Å². The van der Waals surface area contributed by atoms with Crippen LogP contribution in [0.25, 0.3) is 12.2 Å². The summed E-state index contributed by atoms with van der Waals surface area (Å²) in [6, 6.07) is 16.6. The lowest BCUT2D eigenvalue weighted by molar-refractivity contribution is -0.400. The van der Waals surface area contributed by atoms with Gasteiger partial charge in [0.25, 0.3) is 15.8 Å². The number of likely N-dealkylation sites (N-methyl/N-ethyl adjacent to an activating group) is 2. The summed E-state index contributed by atoms with van der Waals surface area (Å²) in [4.78, 5) is 47.8. The number of nitrogens with one attached hydrogen (secondary N) is 1. The smallest absolute Gasteiger partial charge is 0.279 e. The third-order valence-electron chi connectivity index (χ3n) is 12.1. The predicted molar refractivity (Wildman–Crippen MR) is 237 cm³/mol. The van der Waals surface area contributed by atoms with Crippen molar-refractivity contribution < 1.29 is 41.8 Å². The summed E-state index contributed by atoms with van der Waals surface area (Å²) in [5.41, 5.74) is 3.52. The van der Waals surface area contributed by atoms with Crippen molar-refractivity contribution in [3.63, 3.8) is 0 Å². The second-order valence-corrected chi connectivity index (χ2v) is 18.5. The molecule has 1 amide bonds. The molecule has 4 aromatic carbocycles. The number of amides is 1. The van der Waals surface area contributed by atoms with E-state index in [-0.39, 0.29) is 69.7 Å². The number of aliphatic hydroxyl groups excluding tert-OH is 1. The fourth-order valence-electron chi connectivity index (χ4n) is 8.63. The van der Waals surface area contributed by atoms with E-state index in [0.717, 1.165) is 28.2 Å². The van der Waals surface area contributed by atoms with Crippen molar-refractivity contribution in [3.05, 3.63) is 113 Å². The summed E-state index contributed by atoms with van der Waals surface area (Å²) in [6.45, 7) is 10.4. The number of para-hydroxylation sites is 2. The Bertz CT molecular complexity index is 2770. The summed E-state index contributed by atoms with van der Waals surface area (Å²) in [5, 5.41) is 25.1. The Balaban J connectivity index is 1.29. The summed E-state index contributed by atoms with van der Waals surface area (Å²) in [6.07, 6.45) is 2.51. The van der Waals surface area contributed by atoms with Gasteiger partial charge in [0, 0.05) is 60.7 Å². The minimum atomic E-state index is -4.73. The molecule has 3 N–H and O–H groups in total. The van der Waals surface area contributed by atoms with Crippen LogP contribution in [-0.4, -0.2) is 116 Å². The molecule has 0 spiro atoms. The number of benzene rings is 3. The van der Waals surface area contributed by atoms with E-state index in [9.17, 15) is 37.8 Å². The molecule has 3 atom stereocenters. The Morgan fingerprint density at radius 3 is 2.35 bits per heavy atom. The molecule has 62 heavy (non-hydrogen) atoms. The fraction of sp³-hybridized carbons (Fsp3) is 0.422. The maximum Gasteiger partial charge on any atom is 0.279 e. The predicted octanol–water partition coefficient (Wildman–Crippen LogP) is 2.24. The monoisotopic (exact) mass is 871 g/mol. The molecule has 330 valence electrons. The minimum absolute atomic E-state index is 0.0544. The van der Waals surface area contributed by atoms with E-state index >= 15 is 0 Å². The lowest BCUT2D eigenvalue weighted by Gasteiger charge is -2.29. The van der Waals surface area contributed by atoms with E-state index in [1.807, 2.05) is 72.1 Å². The van der Waals surface area contributed by atoms with Crippen molar-refractivity contribution in [2.75, 3.05) is 65.1 Å². The molecule has 0 radical (unpaired) electrons. The minimum Gasteiger partial charge on any atom is -0.493 e. The van der Waals surface area contributed by atoms with Gasteiger partial charge in [-0.2, -0.15) is 13.0 Å². The highest BCUT2D eigenvalue weighted by molar-refractivity contribution is 7.85. The average Bonchev–Trinajstić information content (AvgIpc) is 3.53. The Kier molecular flexibility index (Phi) is 13.0. The number of nitro groups is 1. The number of nitro benzene ring substituents is 1. The highest BCUT2D eigenvalue weighted by Crippen LogP contribution is 2.45. The van der Waals surface area contributed by atoms with Gasteiger partial charge in [-0.15, -0.1) is 0 Å². The fourth-order valence-corrected chi connectivity index (χ4v) is 9.26. The summed E-state index contributed by atoms with van der Waals surface area (Å²) in [7, 11) is 2.28. The molecular formula is C45H55N6O10S+. The first-order valence-electron chi connectivity index (χ1n) is 20.3. The second-order valence-electron chi connectivity index (χ2n) is 17.0. The number of hydrogen-bond donors (Lipinski definition) is 3. The van der Waals surface area contributed by atoms with E-state index in [1.165, 1.54) is 26.2 Å². The maximum absolute atomic E-state index is 14.3. The van der Waals surface area contributed by atoms with Gasteiger partial charge >= 0.3 is 0 Å². The van der Waals surface area contributed by atoms with Crippen LogP contribution in [-0.2, 0) is 25.7 Å². The molecule has 17 heteroatoms. The van der Waals surface area contributed by atoms with Crippen LogP contribution in [0.2, 0.25) is 0 Å². The topological polar surface area (TPSA) is 204 Å². The molecular weight excluding hydrogens is 817 g/mol. The molecule has 0 aromatic heterocycles. The van der Waals surface area contributed by atoms with Crippen molar-refractivity contribution in [2.24, 2.45) is 4.99 Å². The largest absolute Gasteiger partial charge is 0.493 e. The highest BCUT2D eigenvalue weighted by atomic mass is 32.2. The van der Waals surface area contributed by atoms with E-state index < -0.39 is 49.7 Å². The third kappa shape index (κ3) is 8.93. The molecule has 0 aliphatic carbocycles. The number of nitrogens with zero attached hydrogens (tertiary/aromatic N) is 5. The van der Waals surface area contributed by atoms with Gasteiger partial charge in [-0.3, -0.25) is 29.2 Å². The molecule has 0 fully saturated rings. The number of anilines is 1. The van der Waals surface area contributed by atoms with Crippen LogP contribution in [0.15, 0.2) is 70.5 Å². The quantitative estimate of drug-likeness (QED) is 0.0643. The molecule has 16 nitrogen and oxygen atoms in total. The number of ether oxygens (including phenoxy) is 2. The van der Waals surface area contributed by atoms with Gasteiger partial charge in [-0.1, -0.05) is 50.2 Å². The molecule has 6 rings (SSSR count). The van der Waals surface area contributed by atoms with Gasteiger partial charge in [-0.05, 0) is 51.6 Å². The number of rotatable bonds is 16. The lowest BCUT2D eigenvalue weighted by atomic mass is 9.79. The van der Waals surface area contributed by atoms with Gasteiger partial charge in [0.1, 0.15) is 25.4 Å². The zero-order chi connectivity index (χ0) is 45.5. The van der Waals surface area contributed by atoms with Crippen LogP contribution in [0.3, 0.4) is 0 Å². The van der Waals surface area contributed by atoms with Crippen molar-refractivity contribution in [1.29, 1.82) is 0 Å². The zero-order valence-corrected chi connectivity index (χ0v) is 37.3. The van der Waals surface area contributed by atoms with Gasteiger partial charge in [0.2, 0.25) is 11.6 Å². The lowest BCUT2D eigenvalue weighted by Crippen LogP contribution is -2.67.